The number of para-hydroxylation sites is 1. The summed E-state index contributed by atoms with van der Waals surface area (Å²) in [6.45, 7) is 9.46. The van der Waals surface area contributed by atoms with E-state index in [-0.39, 0.29) is 16.9 Å². The molecular weight excluding hydrogens is 306 g/mol. The minimum absolute atomic E-state index is 0.0866. The molecule has 5 rings (SSSR count). The first-order chi connectivity index (χ1) is 11.8. The molecule has 0 saturated carbocycles. The summed E-state index contributed by atoms with van der Waals surface area (Å²) in [5.41, 5.74) is 7.51. The molecule has 1 heterocycles. The van der Waals surface area contributed by atoms with Crippen molar-refractivity contribution in [1.82, 2.24) is 4.98 Å². The summed E-state index contributed by atoms with van der Waals surface area (Å²) in [5, 5.41) is 12.4. The summed E-state index contributed by atoms with van der Waals surface area (Å²) < 4.78 is 0. The van der Waals surface area contributed by atoms with E-state index in [0.717, 1.165) is 19.3 Å². The molecule has 0 radical (unpaired) electrons. The molecule has 0 fully saturated rings. The first-order valence-electron chi connectivity index (χ1n) is 9.85. The molecule has 0 amide bonds. The third-order valence-corrected chi connectivity index (χ3v) is 8.01. The normalized spacial score (nSPS) is 36.3. The highest BCUT2D eigenvalue weighted by atomic mass is 16.3. The van der Waals surface area contributed by atoms with Gasteiger partial charge < -0.3 is 10.1 Å². The maximum absolute atomic E-state index is 11.0. The predicted molar refractivity (Wildman–Crippen MR) is 103 cm³/mol. The lowest BCUT2D eigenvalue weighted by Gasteiger charge is -2.56. The fourth-order valence-corrected chi connectivity index (χ4v) is 6.15. The van der Waals surface area contributed by atoms with Gasteiger partial charge in [-0.25, -0.2) is 0 Å². The molecule has 1 aromatic heterocycles. The van der Waals surface area contributed by atoms with Crippen LogP contribution in [0.3, 0.4) is 0 Å². The molecule has 2 aromatic rings. The second-order valence-corrected chi connectivity index (χ2v) is 9.51. The van der Waals surface area contributed by atoms with Gasteiger partial charge in [0.25, 0.3) is 0 Å². The smallest absolute Gasteiger partial charge is 0.0637 e. The molecule has 2 nitrogen and oxygen atoms in total. The van der Waals surface area contributed by atoms with E-state index in [1.165, 1.54) is 28.6 Å². The van der Waals surface area contributed by atoms with Gasteiger partial charge in [0.05, 0.1) is 6.10 Å². The van der Waals surface area contributed by atoms with Crippen molar-refractivity contribution in [3.05, 3.63) is 46.7 Å². The van der Waals surface area contributed by atoms with Gasteiger partial charge in [-0.05, 0) is 48.6 Å². The number of nitrogens with one attached hydrogen (secondary N) is 1. The molecule has 3 aliphatic carbocycles. The van der Waals surface area contributed by atoms with Crippen molar-refractivity contribution in [2.75, 3.05) is 0 Å². The fraction of sp³-hybridized carbons (Fsp3) is 0.565. The molecule has 132 valence electrons. The number of fused-ring (bicyclic) bond motifs is 4. The van der Waals surface area contributed by atoms with E-state index >= 15 is 0 Å². The Morgan fingerprint density at radius 1 is 1.16 bits per heavy atom. The van der Waals surface area contributed by atoms with Crippen molar-refractivity contribution in [1.29, 1.82) is 0 Å². The zero-order chi connectivity index (χ0) is 17.6. The average molecular weight is 335 g/mol. The van der Waals surface area contributed by atoms with Crippen LogP contribution in [0.15, 0.2) is 35.4 Å². The van der Waals surface area contributed by atoms with Gasteiger partial charge in [-0.3, -0.25) is 0 Å². The second kappa shape index (κ2) is 4.79. The maximum atomic E-state index is 11.0. The Labute approximate surface area is 150 Å². The van der Waals surface area contributed by atoms with Crippen LogP contribution >= 0.6 is 0 Å². The van der Waals surface area contributed by atoms with Crippen molar-refractivity contribution in [2.24, 2.45) is 16.7 Å². The Hall–Kier alpha value is -1.54. The summed E-state index contributed by atoms with van der Waals surface area (Å²) in [5.74, 6) is 1.06. The van der Waals surface area contributed by atoms with E-state index in [1.54, 1.807) is 11.1 Å². The highest BCUT2D eigenvalue weighted by Crippen LogP contribution is 2.63. The van der Waals surface area contributed by atoms with Crippen molar-refractivity contribution < 1.29 is 5.11 Å². The number of aromatic amines is 1. The summed E-state index contributed by atoms with van der Waals surface area (Å²) >= 11 is 0. The number of benzene rings is 1. The minimum Gasteiger partial charge on any atom is -0.392 e. The Balaban J connectivity index is 1.84. The van der Waals surface area contributed by atoms with Crippen LogP contribution in [0.25, 0.3) is 10.9 Å². The van der Waals surface area contributed by atoms with Crippen LogP contribution in [-0.2, 0) is 6.42 Å². The van der Waals surface area contributed by atoms with Crippen LogP contribution in [0.2, 0.25) is 0 Å². The number of aliphatic hydroxyl groups is 1. The Morgan fingerprint density at radius 3 is 2.72 bits per heavy atom. The minimum atomic E-state index is -0.258. The highest BCUT2D eigenvalue weighted by molar-refractivity contribution is 5.86. The van der Waals surface area contributed by atoms with Crippen molar-refractivity contribution >= 4 is 10.9 Å². The van der Waals surface area contributed by atoms with E-state index in [1.807, 2.05) is 0 Å². The molecule has 25 heavy (non-hydrogen) atoms. The van der Waals surface area contributed by atoms with Crippen molar-refractivity contribution in [3.8, 4) is 0 Å². The molecule has 0 bridgehead atoms. The summed E-state index contributed by atoms with van der Waals surface area (Å²) in [4.78, 5) is 3.74. The Bertz CT molecular complexity index is 902. The molecule has 0 spiro atoms. The van der Waals surface area contributed by atoms with Crippen LogP contribution in [0.4, 0.5) is 0 Å². The van der Waals surface area contributed by atoms with Crippen LogP contribution in [-0.4, -0.2) is 16.2 Å². The zero-order valence-electron chi connectivity index (χ0n) is 15.8. The van der Waals surface area contributed by atoms with Gasteiger partial charge in [-0.15, -0.1) is 0 Å². The van der Waals surface area contributed by atoms with E-state index in [4.69, 9.17) is 0 Å². The van der Waals surface area contributed by atoms with Gasteiger partial charge in [0.1, 0.15) is 0 Å². The molecule has 3 aliphatic rings. The molecule has 0 saturated heterocycles. The number of aromatic nitrogens is 1. The van der Waals surface area contributed by atoms with Crippen LogP contribution in [0, 0.1) is 16.7 Å². The summed E-state index contributed by atoms with van der Waals surface area (Å²) in [6, 6.07) is 8.73. The van der Waals surface area contributed by atoms with Crippen molar-refractivity contribution in [2.45, 2.75) is 65.4 Å². The maximum Gasteiger partial charge on any atom is 0.0637 e. The predicted octanol–water partition coefficient (Wildman–Crippen LogP) is 5.33. The van der Waals surface area contributed by atoms with E-state index in [2.05, 4.69) is 56.9 Å². The molecule has 4 atom stereocenters. The fourth-order valence-electron chi connectivity index (χ4n) is 6.15. The monoisotopic (exact) mass is 335 g/mol. The lowest BCUT2D eigenvalue weighted by Crippen LogP contribution is -2.48. The topological polar surface area (TPSA) is 36.0 Å². The lowest BCUT2D eigenvalue weighted by molar-refractivity contribution is 0.0303. The summed E-state index contributed by atoms with van der Waals surface area (Å²) in [7, 11) is 0. The highest BCUT2D eigenvalue weighted by Gasteiger charge is 2.54. The third kappa shape index (κ3) is 1.84. The number of hydrogen-bond donors (Lipinski definition) is 2. The molecule has 0 aliphatic heterocycles. The molecule has 1 aromatic carbocycles. The molecular formula is C23H29NO. The van der Waals surface area contributed by atoms with E-state index in [9.17, 15) is 5.11 Å². The van der Waals surface area contributed by atoms with Gasteiger partial charge in [0.15, 0.2) is 0 Å². The number of rotatable bonds is 0. The number of aliphatic hydroxyl groups excluding tert-OH is 1. The number of hydrogen-bond acceptors (Lipinski definition) is 1. The van der Waals surface area contributed by atoms with Gasteiger partial charge >= 0.3 is 0 Å². The van der Waals surface area contributed by atoms with E-state index < -0.39 is 0 Å². The molecule has 2 N–H and O–H groups in total. The van der Waals surface area contributed by atoms with E-state index in [0.29, 0.717) is 11.8 Å². The summed E-state index contributed by atoms with van der Waals surface area (Å²) in [6.07, 6.45) is 4.13. The van der Waals surface area contributed by atoms with Gasteiger partial charge in [-0.1, -0.05) is 57.0 Å². The molecule has 0 unspecified atom stereocenters. The molecule has 2 heteroatoms. The van der Waals surface area contributed by atoms with Crippen LogP contribution in [0.1, 0.15) is 64.1 Å². The first-order valence-corrected chi connectivity index (χ1v) is 9.85. The third-order valence-electron chi connectivity index (χ3n) is 8.01. The van der Waals surface area contributed by atoms with Crippen molar-refractivity contribution in [3.63, 3.8) is 0 Å². The Morgan fingerprint density at radius 2 is 1.92 bits per heavy atom. The standard InChI is InChI=1S/C23H29NO/c1-13-9-10-17-20-15(11-19(25)22(17,2)3)21-16(12-23(13,20)4)14-7-5-6-8-18(14)24-21/h5-8,13,15,19,24-25H,9-12H2,1-4H3/t13-,15+,19+,23-/m1/s1. The van der Waals surface area contributed by atoms with Crippen LogP contribution < -0.4 is 0 Å². The zero-order valence-corrected chi connectivity index (χ0v) is 15.8. The second-order valence-electron chi connectivity index (χ2n) is 9.51. The average Bonchev–Trinajstić information content (AvgIpc) is 2.93. The van der Waals surface area contributed by atoms with Gasteiger partial charge in [0, 0.05) is 27.9 Å². The largest absolute Gasteiger partial charge is 0.392 e. The van der Waals surface area contributed by atoms with Crippen LogP contribution in [0.5, 0.6) is 0 Å². The lowest BCUT2D eigenvalue weighted by atomic mass is 9.49. The first kappa shape index (κ1) is 15.7. The SMILES string of the molecule is C[C@@H]1CCC2=C3[C@H](C[C@H](O)C2(C)C)c2[nH]c4ccccc4c2C[C@@]31C. The quantitative estimate of drug-likeness (QED) is 0.627. The number of allylic oxidation sites excluding steroid dienone is 1. The number of H-pyrrole nitrogens is 1. The Kier molecular flexibility index (Phi) is 3.01. The van der Waals surface area contributed by atoms with Gasteiger partial charge in [-0.2, -0.15) is 0 Å². The van der Waals surface area contributed by atoms with Gasteiger partial charge in [0.2, 0.25) is 0 Å².